The molecular weight excluding hydrogens is 219 g/mol. The van der Waals surface area contributed by atoms with Crippen LogP contribution in [0.5, 0.6) is 0 Å². The molecule has 0 aliphatic rings. The van der Waals surface area contributed by atoms with Gasteiger partial charge >= 0.3 is 58.4 Å². The minimum atomic E-state index is -4.98. The zero-order chi connectivity index (χ0) is 9.47. The fourth-order valence-electron chi connectivity index (χ4n) is 1.27. The van der Waals surface area contributed by atoms with Crippen LogP contribution in [0.1, 0.15) is 0 Å². The summed E-state index contributed by atoms with van der Waals surface area (Å²) in [5.74, 6) is 0. The maximum atomic E-state index is 12.4. The molecule has 0 fully saturated rings. The number of halogens is 3. The Morgan fingerprint density at radius 3 is 2.43 bits per heavy atom. The van der Waals surface area contributed by atoms with Crippen molar-refractivity contribution in [2.24, 2.45) is 0 Å². The summed E-state index contributed by atoms with van der Waals surface area (Å²) < 4.78 is 42.0. The normalized spacial score (nSPS) is 11.4. The minimum absolute atomic E-state index is 0. The molecular formula is C8H5BF3KO. The van der Waals surface area contributed by atoms with Gasteiger partial charge in [-0.15, -0.1) is 0 Å². The van der Waals surface area contributed by atoms with Gasteiger partial charge in [0.1, 0.15) is 5.58 Å². The summed E-state index contributed by atoms with van der Waals surface area (Å²) in [7, 11) is 0. The average Bonchev–Trinajstić information content (AvgIpc) is 2.48. The standard InChI is InChI=1S/C8H5BF3O.K/c10-9(11,12)7-3-1-2-6-4-5-13-8(6)7;/h1-5H;/q-1;+1. The molecule has 14 heavy (non-hydrogen) atoms. The zero-order valence-corrected chi connectivity index (χ0v) is 10.6. The van der Waals surface area contributed by atoms with Crippen molar-refractivity contribution in [3.05, 3.63) is 30.5 Å². The van der Waals surface area contributed by atoms with E-state index < -0.39 is 12.4 Å². The number of fused-ring (bicyclic) bond motifs is 1. The average molecular weight is 224 g/mol. The third-order valence-corrected chi connectivity index (χ3v) is 1.86. The molecule has 1 nitrogen and oxygen atoms in total. The monoisotopic (exact) mass is 224 g/mol. The van der Waals surface area contributed by atoms with E-state index >= 15 is 0 Å². The number of benzene rings is 1. The van der Waals surface area contributed by atoms with E-state index in [4.69, 9.17) is 4.42 Å². The topological polar surface area (TPSA) is 13.1 Å². The van der Waals surface area contributed by atoms with Crippen molar-refractivity contribution in [2.45, 2.75) is 0 Å². The van der Waals surface area contributed by atoms with Gasteiger partial charge in [-0.05, 0) is 6.07 Å². The Morgan fingerprint density at radius 2 is 1.79 bits per heavy atom. The van der Waals surface area contributed by atoms with E-state index in [1.165, 1.54) is 18.4 Å². The van der Waals surface area contributed by atoms with Gasteiger partial charge in [0.15, 0.2) is 0 Å². The van der Waals surface area contributed by atoms with E-state index in [1.54, 1.807) is 6.07 Å². The molecule has 0 aliphatic carbocycles. The van der Waals surface area contributed by atoms with Crippen LogP contribution >= 0.6 is 0 Å². The maximum absolute atomic E-state index is 12.4. The number of hydrogen-bond donors (Lipinski definition) is 0. The summed E-state index contributed by atoms with van der Waals surface area (Å²) in [4.78, 5) is 0. The van der Waals surface area contributed by atoms with Crippen LogP contribution in [0.2, 0.25) is 0 Å². The molecule has 0 spiro atoms. The molecule has 1 aromatic carbocycles. The Labute approximate surface area is 121 Å². The molecule has 1 aromatic heterocycles. The van der Waals surface area contributed by atoms with Crippen LogP contribution in [0, 0.1) is 0 Å². The smallest absolute Gasteiger partial charge is 0.467 e. The predicted octanol–water partition coefficient (Wildman–Crippen LogP) is -0.509. The fourth-order valence-corrected chi connectivity index (χ4v) is 1.27. The molecule has 0 aliphatic heterocycles. The molecule has 0 saturated carbocycles. The van der Waals surface area contributed by atoms with Gasteiger partial charge in [-0.2, -0.15) is 0 Å². The Kier molecular flexibility index (Phi) is 3.88. The number of rotatable bonds is 1. The van der Waals surface area contributed by atoms with E-state index in [2.05, 4.69) is 0 Å². The van der Waals surface area contributed by atoms with E-state index in [0.29, 0.717) is 5.39 Å². The predicted molar refractivity (Wildman–Crippen MR) is 44.9 cm³/mol. The van der Waals surface area contributed by atoms with Crippen molar-refractivity contribution < 1.29 is 68.7 Å². The molecule has 0 saturated heterocycles. The van der Waals surface area contributed by atoms with Crippen LogP contribution < -0.4 is 56.8 Å². The van der Waals surface area contributed by atoms with E-state index in [-0.39, 0.29) is 57.0 Å². The van der Waals surface area contributed by atoms with Gasteiger partial charge in [-0.3, -0.25) is 0 Å². The summed E-state index contributed by atoms with van der Waals surface area (Å²) in [6.45, 7) is -4.98. The van der Waals surface area contributed by atoms with Crippen molar-refractivity contribution in [3.63, 3.8) is 0 Å². The van der Waals surface area contributed by atoms with Crippen LogP contribution in [-0.4, -0.2) is 6.98 Å². The third kappa shape index (κ3) is 2.25. The first-order valence-corrected chi connectivity index (χ1v) is 3.75. The van der Waals surface area contributed by atoms with E-state index in [1.807, 2.05) is 0 Å². The van der Waals surface area contributed by atoms with Gasteiger partial charge in [0.2, 0.25) is 0 Å². The first kappa shape index (κ1) is 12.3. The Hall–Kier alpha value is 0.251. The molecule has 0 bridgehead atoms. The SMILES string of the molecule is F[B-](F)(F)c1cccc2ccoc12.[K+]. The molecule has 1 heterocycles. The number of hydrogen-bond acceptors (Lipinski definition) is 1. The molecule has 0 atom stereocenters. The van der Waals surface area contributed by atoms with Crippen LogP contribution in [0.15, 0.2) is 34.9 Å². The van der Waals surface area contributed by atoms with E-state index in [9.17, 15) is 12.9 Å². The van der Waals surface area contributed by atoms with Crippen molar-refractivity contribution in [2.75, 3.05) is 0 Å². The third-order valence-electron chi connectivity index (χ3n) is 1.86. The first-order chi connectivity index (χ1) is 6.09. The summed E-state index contributed by atoms with van der Waals surface area (Å²) >= 11 is 0. The maximum Gasteiger partial charge on any atom is 1.00 e. The van der Waals surface area contributed by atoms with Crippen molar-refractivity contribution in [1.82, 2.24) is 0 Å². The Balaban J connectivity index is 0.000000980. The van der Waals surface area contributed by atoms with Gasteiger partial charge in [0.05, 0.1) is 6.26 Å². The molecule has 0 amide bonds. The molecule has 0 radical (unpaired) electrons. The number of para-hydroxylation sites is 1. The molecule has 68 valence electrons. The van der Waals surface area contributed by atoms with E-state index in [0.717, 1.165) is 6.07 Å². The Morgan fingerprint density at radius 1 is 1.07 bits per heavy atom. The van der Waals surface area contributed by atoms with Crippen LogP contribution in [0.25, 0.3) is 11.0 Å². The van der Waals surface area contributed by atoms with Crippen molar-refractivity contribution in [1.29, 1.82) is 0 Å². The van der Waals surface area contributed by atoms with Crippen molar-refractivity contribution in [3.8, 4) is 0 Å². The fraction of sp³-hybridized carbons (Fsp3) is 0. The van der Waals surface area contributed by atoms with Crippen LogP contribution in [0.4, 0.5) is 12.9 Å². The first-order valence-electron chi connectivity index (χ1n) is 3.75. The van der Waals surface area contributed by atoms with Gasteiger partial charge < -0.3 is 17.4 Å². The second-order valence-corrected chi connectivity index (χ2v) is 2.76. The molecule has 0 N–H and O–H groups in total. The van der Waals surface area contributed by atoms with Gasteiger partial charge in [0, 0.05) is 5.39 Å². The van der Waals surface area contributed by atoms with Crippen molar-refractivity contribution >= 4 is 23.4 Å². The minimum Gasteiger partial charge on any atom is -0.467 e. The van der Waals surface area contributed by atoms with Gasteiger partial charge in [-0.1, -0.05) is 23.7 Å². The molecule has 2 aromatic rings. The summed E-state index contributed by atoms with van der Waals surface area (Å²) in [6.07, 6.45) is 1.26. The number of furan rings is 1. The zero-order valence-electron chi connectivity index (χ0n) is 7.51. The molecule has 2 rings (SSSR count). The molecule has 0 unspecified atom stereocenters. The summed E-state index contributed by atoms with van der Waals surface area (Å²) in [5.41, 5.74) is -0.738. The quantitative estimate of drug-likeness (QED) is 0.595. The summed E-state index contributed by atoms with van der Waals surface area (Å²) in [6, 6.07) is 5.51. The second kappa shape index (κ2) is 4.40. The summed E-state index contributed by atoms with van der Waals surface area (Å²) in [5, 5.41) is 0.483. The van der Waals surface area contributed by atoms with Gasteiger partial charge in [0.25, 0.3) is 0 Å². The molecule has 6 heteroatoms. The van der Waals surface area contributed by atoms with Crippen LogP contribution in [-0.2, 0) is 0 Å². The van der Waals surface area contributed by atoms with Crippen LogP contribution in [0.3, 0.4) is 0 Å². The second-order valence-electron chi connectivity index (χ2n) is 2.76. The Bertz CT molecular complexity index is 437. The van der Waals surface area contributed by atoms with Gasteiger partial charge in [-0.25, -0.2) is 0 Å². The largest absolute Gasteiger partial charge is 1.00 e.